The van der Waals surface area contributed by atoms with E-state index in [2.05, 4.69) is 25.1 Å². The third-order valence-corrected chi connectivity index (χ3v) is 6.46. The van der Waals surface area contributed by atoms with Gasteiger partial charge in [0.1, 0.15) is 23.1 Å². The number of nitriles is 1. The molecule has 0 unspecified atom stereocenters. The molecule has 14 heteroatoms. The first-order valence-electron chi connectivity index (χ1n) is 9.17. The maximum absolute atomic E-state index is 13.3. The number of hydrogen-bond donors (Lipinski definition) is 1. The maximum atomic E-state index is 13.3. The molecule has 0 spiro atoms. The number of ether oxygens (including phenoxy) is 1. The maximum Gasteiger partial charge on any atom is 0.416 e. The van der Waals surface area contributed by atoms with Gasteiger partial charge in [-0.3, -0.25) is 4.72 Å². The number of rotatable bonds is 6. The molecule has 0 fully saturated rings. The molecule has 2 heterocycles. The minimum atomic E-state index is -4.60. The van der Waals surface area contributed by atoms with Crippen molar-refractivity contribution in [2.24, 2.45) is 0 Å². The number of alkyl halides is 3. The molecule has 9 nitrogen and oxygen atoms in total. The summed E-state index contributed by atoms with van der Waals surface area (Å²) in [5.74, 6) is -0.0551. The lowest BCUT2D eigenvalue weighted by atomic mass is 10.0. The lowest BCUT2D eigenvalue weighted by Gasteiger charge is -2.15. The molecule has 0 aliphatic heterocycles. The van der Waals surface area contributed by atoms with E-state index in [-0.39, 0.29) is 32.7 Å². The SMILES string of the molecule is N#Cc1cc(S(=O)(=O)Nc2nncs2)ccc1Oc1ccc(C(F)(F)F)cc1-c1ccnnc1. The van der Waals surface area contributed by atoms with Crippen LogP contribution >= 0.6 is 11.3 Å². The topological polar surface area (TPSA) is 131 Å². The van der Waals surface area contributed by atoms with Crippen LogP contribution in [0.4, 0.5) is 18.3 Å². The summed E-state index contributed by atoms with van der Waals surface area (Å²) in [7, 11) is -4.07. The molecule has 0 aliphatic rings. The number of anilines is 1. The Kier molecular flexibility index (Phi) is 6.14. The van der Waals surface area contributed by atoms with Gasteiger partial charge in [-0.05, 0) is 42.5 Å². The van der Waals surface area contributed by atoms with E-state index in [1.807, 2.05) is 6.07 Å². The van der Waals surface area contributed by atoms with Crippen molar-refractivity contribution in [3.63, 3.8) is 0 Å². The average molecular weight is 504 g/mol. The molecule has 172 valence electrons. The highest BCUT2D eigenvalue weighted by molar-refractivity contribution is 7.93. The lowest BCUT2D eigenvalue weighted by Crippen LogP contribution is -2.13. The fraction of sp³-hybridized carbons (Fsp3) is 0.0500. The fourth-order valence-corrected chi connectivity index (χ4v) is 4.55. The highest BCUT2D eigenvalue weighted by Gasteiger charge is 2.31. The van der Waals surface area contributed by atoms with Crippen molar-refractivity contribution >= 4 is 26.5 Å². The second kappa shape index (κ2) is 9.04. The smallest absolute Gasteiger partial charge is 0.416 e. The van der Waals surface area contributed by atoms with Gasteiger partial charge in [0.2, 0.25) is 5.13 Å². The molecule has 0 bridgehead atoms. The Morgan fingerprint density at radius 3 is 2.47 bits per heavy atom. The first kappa shape index (κ1) is 23.1. The summed E-state index contributed by atoms with van der Waals surface area (Å²) in [6, 6.07) is 9.64. The van der Waals surface area contributed by atoms with Crippen LogP contribution in [0.3, 0.4) is 0 Å². The van der Waals surface area contributed by atoms with Gasteiger partial charge in [0, 0.05) is 11.1 Å². The number of nitrogens with zero attached hydrogens (tertiary/aromatic N) is 5. The van der Waals surface area contributed by atoms with Crippen LogP contribution in [0, 0.1) is 11.3 Å². The Hall–Kier alpha value is -4.09. The predicted molar refractivity (Wildman–Crippen MR) is 114 cm³/mol. The Morgan fingerprint density at radius 2 is 1.82 bits per heavy atom. The Bertz CT molecular complexity index is 1470. The van der Waals surface area contributed by atoms with E-state index in [1.54, 1.807) is 0 Å². The molecular weight excluding hydrogens is 493 g/mol. The predicted octanol–water partition coefficient (Wildman–Crippen LogP) is 4.48. The molecule has 4 rings (SSSR count). The van der Waals surface area contributed by atoms with Gasteiger partial charge in [-0.15, -0.1) is 10.2 Å². The van der Waals surface area contributed by atoms with E-state index in [1.165, 1.54) is 36.1 Å². The number of nitrogens with one attached hydrogen (secondary N) is 1. The quantitative estimate of drug-likeness (QED) is 0.407. The van der Waals surface area contributed by atoms with Crippen molar-refractivity contribution < 1.29 is 26.3 Å². The fourth-order valence-electron chi connectivity index (χ4n) is 2.83. The van der Waals surface area contributed by atoms with Crippen LogP contribution in [0.25, 0.3) is 11.1 Å². The van der Waals surface area contributed by atoms with Crippen LogP contribution in [0.1, 0.15) is 11.1 Å². The number of benzene rings is 2. The van der Waals surface area contributed by atoms with Gasteiger partial charge in [0.15, 0.2) is 0 Å². The van der Waals surface area contributed by atoms with Crippen LogP contribution in [0.15, 0.2) is 65.3 Å². The minimum Gasteiger partial charge on any atom is -0.455 e. The molecule has 0 saturated carbocycles. The summed E-state index contributed by atoms with van der Waals surface area (Å²) in [6.07, 6.45) is -2.02. The average Bonchev–Trinajstić information content (AvgIpc) is 3.31. The van der Waals surface area contributed by atoms with Crippen LogP contribution in [0.5, 0.6) is 11.5 Å². The summed E-state index contributed by atoms with van der Waals surface area (Å²) >= 11 is 0.970. The molecule has 0 amide bonds. The lowest BCUT2D eigenvalue weighted by molar-refractivity contribution is -0.137. The van der Waals surface area contributed by atoms with E-state index in [9.17, 15) is 26.9 Å². The zero-order valence-corrected chi connectivity index (χ0v) is 18.3. The third-order valence-electron chi connectivity index (χ3n) is 4.39. The molecular formula is C20H11F3N6O3S2. The summed E-state index contributed by atoms with van der Waals surface area (Å²) in [6.45, 7) is 0. The van der Waals surface area contributed by atoms with Gasteiger partial charge >= 0.3 is 6.18 Å². The van der Waals surface area contributed by atoms with E-state index in [0.29, 0.717) is 5.56 Å². The van der Waals surface area contributed by atoms with Crippen LogP contribution < -0.4 is 9.46 Å². The van der Waals surface area contributed by atoms with Crippen LogP contribution in [-0.4, -0.2) is 28.8 Å². The zero-order valence-electron chi connectivity index (χ0n) is 16.7. The zero-order chi connectivity index (χ0) is 24.3. The molecule has 0 atom stereocenters. The normalized spacial score (nSPS) is 11.6. The largest absolute Gasteiger partial charge is 0.455 e. The number of hydrogen-bond acceptors (Lipinski definition) is 9. The Balaban J connectivity index is 1.72. The molecule has 0 saturated heterocycles. The minimum absolute atomic E-state index is 0.0000853. The summed E-state index contributed by atoms with van der Waals surface area (Å²) in [5, 5.41) is 24.0. The van der Waals surface area contributed by atoms with E-state index < -0.39 is 21.8 Å². The Labute approximate surface area is 194 Å². The van der Waals surface area contributed by atoms with Gasteiger partial charge in [-0.25, -0.2) is 8.42 Å². The number of sulfonamides is 1. The van der Waals surface area contributed by atoms with Crippen LogP contribution in [-0.2, 0) is 16.2 Å². The van der Waals surface area contributed by atoms with Gasteiger partial charge in [0.05, 0.1) is 28.4 Å². The first-order valence-corrected chi connectivity index (χ1v) is 11.5. The molecule has 2 aromatic carbocycles. The highest BCUT2D eigenvalue weighted by atomic mass is 32.2. The van der Waals surface area contributed by atoms with Gasteiger partial charge in [-0.2, -0.15) is 28.6 Å². The monoisotopic (exact) mass is 504 g/mol. The summed E-state index contributed by atoms with van der Waals surface area (Å²) < 4.78 is 72.9. The van der Waals surface area contributed by atoms with E-state index in [0.717, 1.165) is 35.6 Å². The second-order valence-corrected chi connectivity index (χ2v) is 9.08. The van der Waals surface area contributed by atoms with Gasteiger partial charge in [-0.1, -0.05) is 11.3 Å². The number of aromatic nitrogens is 4. The van der Waals surface area contributed by atoms with Crippen molar-refractivity contribution in [2.75, 3.05) is 4.72 Å². The standard InChI is InChI=1S/C20H11F3N6O3S2/c21-20(22,23)14-1-3-18(16(8-14)12-5-6-25-26-10-12)32-17-4-2-15(7-13(17)9-24)34(30,31)29-19-28-27-11-33-19/h1-8,10-11H,(H,28,29). The summed E-state index contributed by atoms with van der Waals surface area (Å²) in [4.78, 5) is -0.238. The summed E-state index contributed by atoms with van der Waals surface area (Å²) in [5.41, 5.74) is 0.642. The molecule has 2 aromatic heterocycles. The van der Waals surface area contributed by atoms with Crippen LogP contribution in [0.2, 0.25) is 0 Å². The molecule has 1 N–H and O–H groups in total. The molecule has 4 aromatic rings. The van der Waals surface area contributed by atoms with Crippen molar-refractivity contribution in [1.82, 2.24) is 20.4 Å². The second-order valence-electron chi connectivity index (χ2n) is 6.56. The number of halogens is 3. The molecule has 0 radical (unpaired) electrons. The van der Waals surface area contributed by atoms with E-state index in [4.69, 9.17) is 4.74 Å². The van der Waals surface area contributed by atoms with Gasteiger partial charge < -0.3 is 4.74 Å². The van der Waals surface area contributed by atoms with Crippen molar-refractivity contribution in [3.05, 3.63) is 71.5 Å². The van der Waals surface area contributed by atoms with Crippen molar-refractivity contribution in [1.29, 1.82) is 5.26 Å². The Morgan fingerprint density at radius 1 is 1.03 bits per heavy atom. The van der Waals surface area contributed by atoms with Crippen molar-refractivity contribution in [3.8, 4) is 28.7 Å². The van der Waals surface area contributed by atoms with Crippen molar-refractivity contribution in [2.45, 2.75) is 11.1 Å². The third kappa shape index (κ3) is 4.95. The first-order chi connectivity index (χ1) is 16.2. The molecule has 34 heavy (non-hydrogen) atoms. The van der Waals surface area contributed by atoms with Gasteiger partial charge in [0.25, 0.3) is 10.0 Å². The molecule has 0 aliphatic carbocycles. The highest BCUT2D eigenvalue weighted by Crippen LogP contribution is 2.39. The van der Waals surface area contributed by atoms with E-state index >= 15 is 0 Å².